The lowest BCUT2D eigenvalue weighted by Gasteiger charge is -2.22. The molecule has 30 heavy (non-hydrogen) atoms. The standard InChI is InChI=1S/C22H20ClN3O4/c23-16-8-6-14(7-9-16)12-24-21(28)19-10-17(27)13-26(19)22(29)18-11-20(30-25-18)15-4-2-1-3-5-15/h1-9,11,17,19,27H,10,12-13H2,(H,24,28)/t17-,19+/m1/s1. The molecule has 1 aromatic heterocycles. The summed E-state index contributed by atoms with van der Waals surface area (Å²) in [5.41, 5.74) is 1.77. The van der Waals surface area contributed by atoms with Crippen molar-refractivity contribution in [3.63, 3.8) is 0 Å². The fourth-order valence-corrected chi connectivity index (χ4v) is 3.58. The lowest BCUT2D eigenvalue weighted by atomic mass is 10.1. The van der Waals surface area contributed by atoms with Crippen LogP contribution >= 0.6 is 11.6 Å². The van der Waals surface area contributed by atoms with E-state index in [0.717, 1.165) is 11.1 Å². The zero-order valence-corrected chi connectivity index (χ0v) is 16.7. The van der Waals surface area contributed by atoms with Gasteiger partial charge in [-0.15, -0.1) is 0 Å². The Balaban J connectivity index is 1.45. The van der Waals surface area contributed by atoms with E-state index in [2.05, 4.69) is 10.5 Å². The van der Waals surface area contributed by atoms with E-state index in [1.54, 1.807) is 18.2 Å². The molecule has 0 bridgehead atoms. The van der Waals surface area contributed by atoms with Gasteiger partial charge in [0.2, 0.25) is 5.91 Å². The minimum absolute atomic E-state index is 0.0609. The molecule has 2 aromatic carbocycles. The molecule has 0 unspecified atom stereocenters. The SMILES string of the molecule is O=C(NCc1ccc(Cl)cc1)[C@@H]1C[C@@H](O)CN1C(=O)c1cc(-c2ccccc2)on1. The maximum atomic E-state index is 13.0. The van der Waals surface area contributed by atoms with Gasteiger partial charge in [0.05, 0.1) is 6.10 Å². The number of carbonyl (C=O) groups is 2. The van der Waals surface area contributed by atoms with E-state index in [1.807, 2.05) is 42.5 Å². The molecule has 1 fully saturated rings. The molecule has 1 aliphatic rings. The van der Waals surface area contributed by atoms with Crippen molar-refractivity contribution in [2.45, 2.75) is 25.1 Å². The Morgan fingerprint density at radius 3 is 2.63 bits per heavy atom. The van der Waals surface area contributed by atoms with E-state index in [9.17, 15) is 14.7 Å². The number of benzene rings is 2. The quantitative estimate of drug-likeness (QED) is 0.655. The largest absolute Gasteiger partial charge is 0.391 e. The zero-order valence-electron chi connectivity index (χ0n) is 16.0. The molecule has 2 atom stereocenters. The van der Waals surface area contributed by atoms with Crippen molar-refractivity contribution < 1.29 is 19.2 Å². The Hall–Kier alpha value is -3.16. The summed E-state index contributed by atoms with van der Waals surface area (Å²) in [7, 11) is 0. The molecule has 2 N–H and O–H groups in total. The summed E-state index contributed by atoms with van der Waals surface area (Å²) >= 11 is 5.87. The van der Waals surface area contributed by atoms with Gasteiger partial charge in [-0.25, -0.2) is 0 Å². The first-order valence-electron chi connectivity index (χ1n) is 9.54. The minimum atomic E-state index is -0.781. The number of nitrogens with one attached hydrogen (secondary N) is 1. The molecule has 2 amide bonds. The molecular weight excluding hydrogens is 406 g/mol. The topological polar surface area (TPSA) is 95.7 Å². The number of rotatable bonds is 5. The molecule has 4 rings (SSSR count). The van der Waals surface area contributed by atoms with Crippen molar-refractivity contribution in [1.29, 1.82) is 0 Å². The van der Waals surface area contributed by atoms with Crippen LogP contribution in [0.2, 0.25) is 5.02 Å². The van der Waals surface area contributed by atoms with Crippen LogP contribution in [0.5, 0.6) is 0 Å². The summed E-state index contributed by atoms with van der Waals surface area (Å²) in [6, 6.07) is 17.2. The van der Waals surface area contributed by atoms with Gasteiger partial charge in [0.15, 0.2) is 11.5 Å². The maximum Gasteiger partial charge on any atom is 0.276 e. The Bertz CT molecular complexity index is 1040. The lowest BCUT2D eigenvalue weighted by molar-refractivity contribution is -0.125. The second-order valence-corrected chi connectivity index (χ2v) is 7.59. The molecule has 7 nitrogen and oxygen atoms in total. The monoisotopic (exact) mass is 425 g/mol. The van der Waals surface area contributed by atoms with Crippen molar-refractivity contribution in [3.8, 4) is 11.3 Å². The second kappa shape index (κ2) is 8.69. The zero-order chi connectivity index (χ0) is 21.1. The van der Waals surface area contributed by atoms with Crippen molar-refractivity contribution >= 4 is 23.4 Å². The first-order valence-corrected chi connectivity index (χ1v) is 9.92. The number of aliphatic hydroxyl groups excluding tert-OH is 1. The Morgan fingerprint density at radius 2 is 1.90 bits per heavy atom. The van der Waals surface area contributed by atoms with Gasteiger partial charge in [0, 0.05) is 36.2 Å². The highest BCUT2D eigenvalue weighted by atomic mass is 35.5. The van der Waals surface area contributed by atoms with Gasteiger partial charge in [-0.05, 0) is 17.7 Å². The van der Waals surface area contributed by atoms with Crippen LogP contribution in [-0.2, 0) is 11.3 Å². The predicted molar refractivity (Wildman–Crippen MR) is 111 cm³/mol. The Kier molecular flexibility index (Phi) is 5.83. The molecule has 0 radical (unpaired) electrons. The third-order valence-corrected chi connectivity index (χ3v) is 5.26. The highest BCUT2D eigenvalue weighted by molar-refractivity contribution is 6.30. The van der Waals surface area contributed by atoms with Crippen molar-refractivity contribution in [2.24, 2.45) is 0 Å². The predicted octanol–water partition coefficient (Wildman–Crippen LogP) is 2.89. The number of hydrogen-bond acceptors (Lipinski definition) is 5. The second-order valence-electron chi connectivity index (χ2n) is 7.15. The van der Waals surface area contributed by atoms with Crippen molar-refractivity contribution in [3.05, 3.63) is 76.9 Å². The van der Waals surface area contributed by atoms with Gasteiger partial charge in [-0.2, -0.15) is 0 Å². The molecule has 0 saturated carbocycles. The maximum absolute atomic E-state index is 13.0. The lowest BCUT2D eigenvalue weighted by Crippen LogP contribution is -2.45. The van der Waals surface area contributed by atoms with Gasteiger partial charge in [-0.3, -0.25) is 9.59 Å². The van der Waals surface area contributed by atoms with Gasteiger partial charge < -0.3 is 19.8 Å². The third kappa shape index (κ3) is 4.37. The van der Waals surface area contributed by atoms with Crippen LogP contribution in [-0.4, -0.2) is 45.7 Å². The van der Waals surface area contributed by atoms with E-state index in [1.165, 1.54) is 4.90 Å². The van der Waals surface area contributed by atoms with Crippen LogP contribution < -0.4 is 5.32 Å². The van der Waals surface area contributed by atoms with Crippen LogP contribution in [0.25, 0.3) is 11.3 Å². The van der Waals surface area contributed by atoms with Gasteiger partial charge in [0.25, 0.3) is 5.91 Å². The molecule has 0 spiro atoms. The summed E-state index contributed by atoms with van der Waals surface area (Å²) in [5.74, 6) is -0.326. The number of hydrogen-bond donors (Lipinski definition) is 2. The first kappa shape index (κ1) is 20.1. The highest BCUT2D eigenvalue weighted by Crippen LogP contribution is 2.24. The Morgan fingerprint density at radius 1 is 1.17 bits per heavy atom. The summed E-state index contributed by atoms with van der Waals surface area (Å²) in [6.45, 7) is 0.359. The van der Waals surface area contributed by atoms with Crippen LogP contribution in [0, 0.1) is 0 Å². The summed E-state index contributed by atoms with van der Waals surface area (Å²) in [5, 5.41) is 17.4. The fraction of sp³-hybridized carbons (Fsp3) is 0.227. The average molecular weight is 426 g/mol. The molecular formula is C22H20ClN3O4. The van der Waals surface area contributed by atoms with Crippen LogP contribution in [0.3, 0.4) is 0 Å². The van der Waals surface area contributed by atoms with Gasteiger partial charge >= 0.3 is 0 Å². The van der Waals surface area contributed by atoms with Crippen molar-refractivity contribution in [1.82, 2.24) is 15.4 Å². The molecule has 1 saturated heterocycles. The number of aromatic nitrogens is 1. The van der Waals surface area contributed by atoms with E-state index in [-0.39, 0.29) is 24.6 Å². The molecule has 3 aromatic rings. The van der Waals surface area contributed by atoms with E-state index in [4.69, 9.17) is 16.1 Å². The van der Waals surface area contributed by atoms with Crippen molar-refractivity contribution in [2.75, 3.05) is 6.54 Å². The number of aliphatic hydroxyl groups is 1. The van der Waals surface area contributed by atoms with E-state index in [0.29, 0.717) is 17.3 Å². The van der Waals surface area contributed by atoms with Gasteiger partial charge in [0.1, 0.15) is 6.04 Å². The van der Waals surface area contributed by atoms with Gasteiger partial charge in [-0.1, -0.05) is 59.2 Å². The van der Waals surface area contributed by atoms with E-state index >= 15 is 0 Å². The van der Waals surface area contributed by atoms with Crippen LogP contribution in [0.1, 0.15) is 22.5 Å². The molecule has 154 valence electrons. The number of halogens is 1. The Labute approximate surface area is 178 Å². The van der Waals surface area contributed by atoms with Crippen LogP contribution in [0.15, 0.2) is 65.2 Å². The number of β-amino-alcohol motifs (C(OH)–C–C–N with tert-alkyl or cyclic N) is 1. The molecule has 0 aliphatic carbocycles. The molecule has 2 heterocycles. The minimum Gasteiger partial charge on any atom is -0.391 e. The summed E-state index contributed by atoms with van der Waals surface area (Å²) in [6.07, 6.45) is -0.609. The normalized spacial score (nSPS) is 18.4. The fourth-order valence-electron chi connectivity index (χ4n) is 3.46. The first-order chi connectivity index (χ1) is 14.5. The molecule has 8 heteroatoms. The number of carbonyl (C=O) groups excluding carboxylic acids is 2. The number of nitrogens with zero attached hydrogens (tertiary/aromatic N) is 2. The number of amides is 2. The molecule has 1 aliphatic heterocycles. The smallest absolute Gasteiger partial charge is 0.276 e. The van der Waals surface area contributed by atoms with E-state index < -0.39 is 18.1 Å². The summed E-state index contributed by atoms with van der Waals surface area (Å²) in [4.78, 5) is 27.0. The third-order valence-electron chi connectivity index (χ3n) is 5.01. The van der Waals surface area contributed by atoms with Crippen LogP contribution in [0.4, 0.5) is 0 Å². The highest BCUT2D eigenvalue weighted by Gasteiger charge is 2.40. The number of likely N-dealkylation sites (tertiary alicyclic amines) is 1. The summed E-state index contributed by atoms with van der Waals surface area (Å²) < 4.78 is 5.30. The average Bonchev–Trinajstić information content (AvgIpc) is 3.40.